The van der Waals surface area contributed by atoms with E-state index in [-0.39, 0.29) is 23.2 Å². The molecule has 0 radical (unpaired) electrons. The summed E-state index contributed by atoms with van der Waals surface area (Å²) in [6.07, 6.45) is 6.14. The van der Waals surface area contributed by atoms with Crippen molar-refractivity contribution in [3.05, 3.63) is 36.4 Å². The minimum atomic E-state index is -0.862. The number of ether oxygens (including phenoxy) is 1. The van der Waals surface area contributed by atoms with Gasteiger partial charge in [-0.1, -0.05) is 18.2 Å². The van der Waals surface area contributed by atoms with E-state index in [9.17, 15) is 14.7 Å². The molecule has 0 aromatic heterocycles. The van der Waals surface area contributed by atoms with Crippen molar-refractivity contribution in [3.63, 3.8) is 0 Å². The number of nitrogens with one attached hydrogen (secondary N) is 1. The minimum absolute atomic E-state index is 0.00561. The average molecular weight is 313 g/mol. The van der Waals surface area contributed by atoms with Crippen molar-refractivity contribution in [3.8, 4) is 5.75 Å². The third-order valence-electron chi connectivity index (χ3n) is 5.77. The van der Waals surface area contributed by atoms with Crippen LogP contribution in [0.5, 0.6) is 5.75 Å². The Morgan fingerprint density at radius 3 is 2.52 bits per heavy atom. The van der Waals surface area contributed by atoms with Crippen LogP contribution < -0.4 is 10.1 Å². The monoisotopic (exact) mass is 313 g/mol. The van der Waals surface area contributed by atoms with Crippen molar-refractivity contribution in [1.29, 1.82) is 0 Å². The molecule has 1 amide bonds. The zero-order valence-electron chi connectivity index (χ0n) is 12.9. The molecule has 1 spiro atoms. The maximum Gasteiger partial charge on any atom is 0.307 e. The van der Waals surface area contributed by atoms with E-state index in [0.29, 0.717) is 11.4 Å². The highest BCUT2D eigenvalue weighted by molar-refractivity contribution is 5.96. The predicted octanol–water partition coefficient (Wildman–Crippen LogP) is 2.55. The number of anilines is 1. The van der Waals surface area contributed by atoms with Gasteiger partial charge in [0.05, 0.1) is 18.9 Å². The number of benzene rings is 1. The number of carbonyl (C=O) groups excluding carboxylic acids is 1. The van der Waals surface area contributed by atoms with Gasteiger partial charge in [0.25, 0.3) is 0 Å². The van der Waals surface area contributed by atoms with E-state index in [1.54, 1.807) is 31.4 Å². The Kier molecular flexibility index (Phi) is 3.01. The van der Waals surface area contributed by atoms with E-state index in [1.807, 2.05) is 6.08 Å². The van der Waals surface area contributed by atoms with Crippen molar-refractivity contribution < 1.29 is 19.4 Å². The quantitative estimate of drug-likeness (QED) is 0.838. The molecule has 120 valence electrons. The van der Waals surface area contributed by atoms with Gasteiger partial charge in [0.15, 0.2) is 0 Å². The summed E-state index contributed by atoms with van der Waals surface area (Å²) in [7, 11) is 1.57. The fourth-order valence-electron chi connectivity index (χ4n) is 4.62. The lowest BCUT2D eigenvalue weighted by molar-refractivity contribution is -0.146. The molecule has 3 aliphatic carbocycles. The molecule has 2 saturated carbocycles. The highest BCUT2D eigenvalue weighted by Crippen LogP contribution is 2.72. The topological polar surface area (TPSA) is 75.6 Å². The summed E-state index contributed by atoms with van der Waals surface area (Å²) in [6, 6.07) is 7.12. The lowest BCUT2D eigenvalue weighted by Crippen LogP contribution is -2.36. The molecule has 5 heteroatoms. The van der Waals surface area contributed by atoms with Crippen LogP contribution >= 0.6 is 0 Å². The van der Waals surface area contributed by atoms with Gasteiger partial charge in [-0.2, -0.15) is 0 Å². The Balaban J connectivity index is 1.60. The Bertz CT molecular complexity index is 707. The molecule has 2 N–H and O–H groups in total. The van der Waals surface area contributed by atoms with Crippen molar-refractivity contribution in [2.45, 2.75) is 12.8 Å². The number of aliphatic carboxylic acids is 1. The first-order valence-electron chi connectivity index (χ1n) is 7.93. The molecule has 0 unspecified atom stereocenters. The van der Waals surface area contributed by atoms with Gasteiger partial charge in [-0.25, -0.2) is 0 Å². The van der Waals surface area contributed by atoms with Crippen LogP contribution in [-0.2, 0) is 9.59 Å². The molecule has 1 aromatic rings. The summed E-state index contributed by atoms with van der Waals surface area (Å²) in [6.45, 7) is 0. The van der Waals surface area contributed by atoms with Gasteiger partial charge in [0, 0.05) is 11.8 Å². The Morgan fingerprint density at radius 1 is 1.22 bits per heavy atom. The van der Waals surface area contributed by atoms with Crippen LogP contribution in [0.1, 0.15) is 12.8 Å². The van der Waals surface area contributed by atoms with E-state index in [2.05, 4.69) is 11.4 Å². The van der Waals surface area contributed by atoms with Gasteiger partial charge in [-0.05, 0) is 42.2 Å². The van der Waals surface area contributed by atoms with E-state index in [1.165, 1.54) is 0 Å². The van der Waals surface area contributed by atoms with Crippen LogP contribution in [0.15, 0.2) is 36.4 Å². The normalized spacial score (nSPS) is 32.0. The van der Waals surface area contributed by atoms with Crippen LogP contribution in [-0.4, -0.2) is 24.1 Å². The average Bonchev–Trinajstić information content (AvgIpc) is 3.20. The second-order valence-corrected chi connectivity index (χ2v) is 6.78. The molecule has 4 rings (SSSR count). The summed E-state index contributed by atoms with van der Waals surface area (Å²) >= 11 is 0. The smallest absolute Gasteiger partial charge is 0.307 e. The number of hydrogen-bond donors (Lipinski definition) is 2. The maximum atomic E-state index is 12.8. The largest absolute Gasteiger partial charge is 0.497 e. The SMILES string of the molecule is COc1cccc(NC(=O)[C@@H]2[C@@H](C(=O)O)[C@@H]3C=C[C@H]2C32CC2)c1. The molecule has 23 heavy (non-hydrogen) atoms. The summed E-state index contributed by atoms with van der Waals surface area (Å²) in [5.74, 6) is -1.45. The van der Waals surface area contributed by atoms with Gasteiger partial charge in [-0.3, -0.25) is 9.59 Å². The van der Waals surface area contributed by atoms with Crippen molar-refractivity contribution in [2.24, 2.45) is 29.1 Å². The first kappa shape index (κ1) is 14.3. The Morgan fingerprint density at radius 2 is 1.91 bits per heavy atom. The fraction of sp³-hybridized carbons (Fsp3) is 0.444. The number of allylic oxidation sites excluding steroid dienone is 2. The van der Waals surface area contributed by atoms with E-state index in [0.717, 1.165) is 12.8 Å². The van der Waals surface area contributed by atoms with Crippen LogP contribution in [0.4, 0.5) is 5.69 Å². The number of rotatable bonds is 4. The first-order valence-corrected chi connectivity index (χ1v) is 7.93. The highest BCUT2D eigenvalue weighted by atomic mass is 16.5. The molecule has 3 aliphatic rings. The number of hydrogen-bond acceptors (Lipinski definition) is 3. The second-order valence-electron chi connectivity index (χ2n) is 6.78. The molecular weight excluding hydrogens is 294 g/mol. The number of carboxylic acid groups (broad SMARTS) is 1. The van der Waals surface area contributed by atoms with Crippen molar-refractivity contribution in [2.75, 3.05) is 12.4 Å². The van der Waals surface area contributed by atoms with Gasteiger partial charge in [0.1, 0.15) is 5.75 Å². The molecule has 2 fully saturated rings. The summed E-state index contributed by atoms with van der Waals surface area (Å²) in [4.78, 5) is 24.5. The van der Waals surface area contributed by atoms with Crippen LogP contribution in [0.25, 0.3) is 0 Å². The molecule has 1 aromatic carbocycles. The van der Waals surface area contributed by atoms with Crippen molar-refractivity contribution in [1.82, 2.24) is 0 Å². The van der Waals surface area contributed by atoms with Gasteiger partial charge in [-0.15, -0.1) is 0 Å². The molecule has 0 saturated heterocycles. The summed E-state index contributed by atoms with van der Waals surface area (Å²) in [5, 5.41) is 12.5. The third-order valence-corrected chi connectivity index (χ3v) is 5.77. The van der Waals surface area contributed by atoms with Gasteiger partial charge >= 0.3 is 5.97 Å². The Hall–Kier alpha value is -2.30. The molecule has 2 bridgehead atoms. The van der Waals surface area contributed by atoms with Crippen LogP contribution in [0.2, 0.25) is 0 Å². The molecule has 4 atom stereocenters. The van der Waals surface area contributed by atoms with Crippen LogP contribution in [0.3, 0.4) is 0 Å². The standard InChI is InChI=1S/C18H19NO4/c1-23-11-4-2-3-10(9-11)19-16(20)14-12-5-6-13(15(14)17(21)22)18(12)7-8-18/h2-6,9,12-15H,7-8H2,1H3,(H,19,20)(H,21,22)/t12-,13+,14+,15+/m1/s1. The molecule has 0 heterocycles. The molecule has 5 nitrogen and oxygen atoms in total. The maximum absolute atomic E-state index is 12.8. The summed E-state index contributed by atoms with van der Waals surface area (Å²) < 4.78 is 5.16. The van der Waals surface area contributed by atoms with Gasteiger partial charge in [0.2, 0.25) is 5.91 Å². The van der Waals surface area contributed by atoms with E-state index >= 15 is 0 Å². The van der Waals surface area contributed by atoms with E-state index < -0.39 is 17.8 Å². The lowest BCUT2D eigenvalue weighted by Gasteiger charge is -2.23. The highest BCUT2D eigenvalue weighted by Gasteiger charge is 2.70. The molecule has 0 aliphatic heterocycles. The minimum Gasteiger partial charge on any atom is -0.497 e. The van der Waals surface area contributed by atoms with Crippen molar-refractivity contribution >= 4 is 17.6 Å². The second kappa shape index (κ2) is 4.85. The summed E-state index contributed by atoms with van der Waals surface area (Å²) in [5.41, 5.74) is 0.675. The number of carbonyl (C=O) groups is 2. The third kappa shape index (κ3) is 1.99. The lowest BCUT2D eigenvalue weighted by atomic mass is 9.82. The predicted molar refractivity (Wildman–Crippen MR) is 84.0 cm³/mol. The number of methoxy groups -OCH3 is 1. The van der Waals surface area contributed by atoms with Gasteiger partial charge < -0.3 is 15.2 Å². The van der Waals surface area contributed by atoms with E-state index in [4.69, 9.17) is 4.74 Å². The van der Waals surface area contributed by atoms with Crippen LogP contribution in [0, 0.1) is 29.1 Å². The first-order chi connectivity index (χ1) is 11.1. The zero-order valence-corrected chi connectivity index (χ0v) is 12.9. The fourth-order valence-corrected chi connectivity index (χ4v) is 4.62. The number of carboxylic acids is 1. The zero-order chi connectivity index (χ0) is 16.2. The number of amides is 1. The molecular formula is C18H19NO4. The Labute approximate surface area is 134 Å².